The first kappa shape index (κ1) is 13.3. The Hall–Kier alpha value is -2.11. The van der Waals surface area contributed by atoms with Crippen LogP contribution in [0.1, 0.15) is 19.2 Å². The van der Waals surface area contributed by atoms with Crippen molar-refractivity contribution >= 4 is 11.6 Å². The Morgan fingerprint density at radius 3 is 2.89 bits per heavy atom. The van der Waals surface area contributed by atoms with Gasteiger partial charge in [-0.05, 0) is 18.6 Å². The molecule has 0 amide bonds. The Morgan fingerprint density at radius 1 is 1.26 bits per heavy atom. The Bertz CT molecular complexity index is 545. The monoisotopic (exact) mass is 260 g/mol. The number of hydrogen-bond donors (Lipinski definition) is 2. The number of pyridine rings is 1. The highest BCUT2D eigenvalue weighted by Crippen LogP contribution is 2.02. The van der Waals surface area contributed by atoms with Crippen molar-refractivity contribution in [2.24, 2.45) is 4.99 Å². The van der Waals surface area contributed by atoms with E-state index in [1.807, 2.05) is 28.8 Å². The second kappa shape index (κ2) is 6.72. The van der Waals surface area contributed by atoms with Gasteiger partial charge in [0, 0.05) is 32.8 Å². The van der Waals surface area contributed by atoms with Crippen LogP contribution in [-0.2, 0) is 6.42 Å². The minimum absolute atomic E-state index is 0.777. The highest BCUT2D eigenvalue weighted by molar-refractivity contribution is 5.79. The summed E-state index contributed by atoms with van der Waals surface area (Å²) in [5.41, 5.74) is 0.881. The van der Waals surface area contributed by atoms with Crippen LogP contribution in [0.4, 0.5) is 0 Å². The second-order valence-corrected chi connectivity index (χ2v) is 4.22. The van der Waals surface area contributed by atoms with Crippen LogP contribution in [0.15, 0.2) is 29.4 Å². The highest BCUT2D eigenvalue weighted by Gasteiger charge is 2.04. The molecular formula is C13H20N6. The maximum absolute atomic E-state index is 4.19. The number of nitrogens with one attached hydrogen (secondary N) is 2. The van der Waals surface area contributed by atoms with E-state index in [2.05, 4.69) is 32.7 Å². The molecular weight excluding hydrogens is 240 g/mol. The third-order valence-electron chi connectivity index (χ3n) is 2.79. The van der Waals surface area contributed by atoms with Crippen LogP contribution < -0.4 is 10.6 Å². The molecule has 0 saturated heterocycles. The van der Waals surface area contributed by atoms with E-state index in [1.54, 1.807) is 7.05 Å². The van der Waals surface area contributed by atoms with Gasteiger partial charge < -0.3 is 10.6 Å². The third-order valence-corrected chi connectivity index (χ3v) is 2.79. The van der Waals surface area contributed by atoms with Gasteiger partial charge in [0.25, 0.3) is 0 Å². The Kier molecular flexibility index (Phi) is 4.72. The lowest BCUT2D eigenvalue weighted by atomic mass is 10.4. The lowest BCUT2D eigenvalue weighted by Gasteiger charge is -2.10. The first-order valence-corrected chi connectivity index (χ1v) is 6.58. The fourth-order valence-corrected chi connectivity index (χ4v) is 1.82. The lowest BCUT2D eigenvalue weighted by Crippen LogP contribution is -2.38. The molecule has 6 nitrogen and oxygen atoms in total. The minimum Gasteiger partial charge on any atom is -0.356 e. The van der Waals surface area contributed by atoms with E-state index in [-0.39, 0.29) is 0 Å². The first-order valence-electron chi connectivity index (χ1n) is 6.58. The molecule has 0 radical (unpaired) electrons. The molecule has 0 bridgehead atoms. The van der Waals surface area contributed by atoms with Crippen LogP contribution in [0.3, 0.4) is 0 Å². The van der Waals surface area contributed by atoms with E-state index in [0.717, 1.165) is 43.4 Å². The van der Waals surface area contributed by atoms with Crippen LogP contribution in [0.2, 0.25) is 0 Å². The van der Waals surface area contributed by atoms with Gasteiger partial charge in [-0.15, -0.1) is 10.2 Å². The average molecular weight is 260 g/mol. The molecule has 102 valence electrons. The fraction of sp³-hybridized carbons (Fsp3) is 0.462. The van der Waals surface area contributed by atoms with Crippen LogP contribution >= 0.6 is 0 Å². The molecule has 0 aromatic carbocycles. The number of hydrogen-bond acceptors (Lipinski definition) is 3. The van der Waals surface area contributed by atoms with E-state index in [0.29, 0.717) is 0 Å². The average Bonchev–Trinajstić information content (AvgIpc) is 2.86. The van der Waals surface area contributed by atoms with Gasteiger partial charge in [0.1, 0.15) is 5.82 Å². The summed E-state index contributed by atoms with van der Waals surface area (Å²) in [6.07, 6.45) is 3.86. The van der Waals surface area contributed by atoms with Crippen molar-refractivity contribution in [2.75, 3.05) is 20.1 Å². The zero-order chi connectivity index (χ0) is 13.5. The summed E-state index contributed by atoms with van der Waals surface area (Å²) < 4.78 is 2.00. The van der Waals surface area contributed by atoms with Crippen molar-refractivity contribution in [3.05, 3.63) is 30.2 Å². The smallest absolute Gasteiger partial charge is 0.190 e. The van der Waals surface area contributed by atoms with Gasteiger partial charge in [0.2, 0.25) is 0 Å². The molecule has 2 aromatic heterocycles. The van der Waals surface area contributed by atoms with Crippen LogP contribution in [-0.4, -0.2) is 40.7 Å². The molecule has 19 heavy (non-hydrogen) atoms. The molecule has 2 heterocycles. The standard InChI is InChI=1S/C13H20N6/c1-3-8-15-13(14-2)16-9-7-12-18-17-11-6-4-5-10-19(11)12/h4-6,10H,3,7-9H2,1-2H3,(H2,14,15,16). The number of aromatic nitrogens is 3. The quantitative estimate of drug-likeness (QED) is 0.618. The zero-order valence-electron chi connectivity index (χ0n) is 11.4. The van der Waals surface area contributed by atoms with Gasteiger partial charge in [-0.1, -0.05) is 13.0 Å². The van der Waals surface area contributed by atoms with E-state index in [9.17, 15) is 0 Å². The van der Waals surface area contributed by atoms with E-state index < -0.39 is 0 Å². The van der Waals surface area contributed by atoms with Crippen molar-refractivity contribution < 1.29 is 0 Å². The molecule has 2 N–H and O–H groups in total. The van der Waals surface area contributed by atoms with Crippen molar-refractivity contribution in [1.82, 2.24) is 25.2 Å². The molecule has 0 aliphatic rings. The largest absolute Gasteiger partial charge is 0.356 e. The molecule has 6 heteroatoms. The van der Waals surface area contributed by atoms with Crippen molar-refractivity contribution in [3.8, 4) is 0 Å². The molecule has 2 rings (SSSR count). The predicted molar refractivity (Wildman–Crippen MR) is 76.3 cm³/mol. The fourth-order valence-electron chi connectivity index (χ4n) is 1.82. The normalized spacial score (nSPS) is 11.8. The van der Waals surface area contributed by atoms with Gasteiger partial charge in [-0.25, -0.2) is 0 Å². The van der Waals surface area contributed by atoms with Crippen molar-refractivity contribution in [3.63, 3.8) is 0 Å². The minimum atomic E-state index is 0.777. The van der Waals surface area contributed by atoms with Crippen LogP contribution in [0.5, 0.6) is 0 Å². The summed E-state index contributed by atoms with van der Waals surface area (Å²) in [5.74, 6) is 1.78. The van der Waals surface area contributed by atoms with Gasteiger partial charge >= 0.3 is 0 Å². The third kappa shape index (κ3) is 3.43. The number of aliphatic imine (C=N–C) groups is 1. The van der Waals surface area contributed by atoms with Crippen molar-refractivity contribution in [2.45, 2.75) is 19.8 Å². The second-order valence-electron chi connectivity index (χ2n) is 4.22. The van der Waals surface area contributed by atoms with Gasteiger partial charge in [-0.3, -0.25) is 9.39 Å². The van der Waals surface area contributed by atoms with E-state index in [1.165, 1.54) is 0 Å². The van der Waals surface area contributed by atoms with Crippen LogP contribution in [0, 0.1) is 0 Å². The molecule has 0 atom stereocenters. The summed E-state index contributed by atoms with van der Waals surface area (Å²) in [4.78, 5) is 4.16. The van der Waals surface area contributed by atoms with Gasteiger partial charge in [-0.2, -0.15) is 0 Å². The zero-order valence-corrected chi connectivity index (χ0v) is 11.4. The molecule has 0 aliphatic heterocycles. The molecule has 0 aliphatic carbocycles. The molecule has 0 fully saturated rings. The highest BCUT2D eigenvalue weighted by atomic mass is 15.2. The SMILES string of the molecule is CCCNC(=NC)NCCc1nnc2ccccn12. The Labute approximate surface area is 113 Å². The van der Waals surface area contributed by atoms with Crippen LogP contribution in [0.25, 0.3) is 5.65 Å². The summed E-state index contributed by atoms with van der Waals surface area (Å²) in [6, 6.07) is 5.89. The first-order chi connectivity index (χ1) is 9.35. The van der Waals surface area contributed by atoms with E-state index >= 15 is 0 Å². The number of guanidine groups is 1. The summed E-state index contributed by atoms with van der Waals surface area (Å²) in [5, 5.41) is 14.8. The predicted octanol–water partition coefficient (Wildman–Crippen LogP) is 0.847. The molecule has 2 aromatic rings. The summed E-state index contributed by atoms with van der Waals surface area (Å²) in [7, 11) is 1.78. The summed E-state index contributed by atoms with van der Waals surface area (Å²) in [6.45, 7) is 3.83. The maximum Gasteiger partial charge on any atom is 0.190 e. The number of rotatable bonds is 5. The number of fused-ring (bicyclic) bond motifs is 1. The topological polar surface area (TPSA) is 66.6 Å². The molecule has 0 spiro atoms. The van der Waals surface area contributed by atoms with Gasteiger partial charge in [0.05, 0.1) is 0 Å². The van der Waals surface area contributed by atoms with Gasteiger partial charge in [0.15, 0.2) is 11.6 Å². The van der Waals surface area contributed by atoms with Crippen molar-refractivity contribution in [1.29, 1.82) is 0 Å². The van der Waals surface area contributed by atoms with E-state index in [4.69, 9.17) is 0 Å². The molecule has 0 saturated carbocycles. The number of nitrogens with zero attached hydrogens (tertiary/aromatic N) is 4. The Balaban J connectivity index is 1.88. The summed E-state index contributed by atoms with van der Waals surface area (Å²) >= 11 is 0. The molecule has 0 unspecified atom stereocenters. The lowest BCUT2D eigenvalue weighted by molar-refractivity contribution is 0.751. The maximum atomic E-state index is 4.19. The Morgan fingerprint density at radius 2 is 2.11 bits per heavy atom.